The maximum absolute atomic E-state index is 11.7. The van der Waals surface area contributed by atoms with Crippen LogP contribution in [0.25, 0.3) is 0 Å². The summed E-state index contributed by atoms with van der Waals surface area (Å²) < 4.78 is 3.49. The molecule has 1 N–H and O–H groups in total. The molecule has 2 aromatic heterocycles. The predicted octanol–water partition coefficient (Wildman–Crippen LogP) is 0.248. The van der Waals surface area contributed by atoms with Gasteiger partial charge in [-0.25, -0.2) is 5.43 Å². The van der Waals surface area contributed by atoms with Gasteiger partial charge in [0.05, 0.1) is 11.4 Å². The number of nitrogens with zero attached hydrogens (tertiary/aromatic N) is 4. The van der Waals surface area contributed by atoms with Gasteiger partial charge in [-0.1, -0.05) is 6.07 Å². The van der Waals surface area contributed by atoms with Crippen LogP contribution in [0.1, 0.15) is 12.6 Å². The number of amides is 1. The Bertz CT molecular complexity index is 588. The summed E-state index contributed by atoms with van der Waals surface area (Å²) in [6, 6.07) is 7.49. The van der Waals surface area contributed by atoms with Gasteiger partial charge in [0.15, 0.2) is 12.4 Å². The minimum atomic E-state index is -0.169. The Kier molecular flexibility index (Phi) is 4.02. The molecule has 0 aromatic carbocycles. The molecule has 0 radical (unpaired) electrons. The molecule has 2 aromatic rings. The lowest BCUT2D eigenvalue weighted by molar-refractivity contribution is -0.684. The van der Waals surface area contributed by atoms with Crippen LogP contribution >= 0.6 is 0 Å². The number of rotatable bonds is 4. The van der Waals surface area contributed by atoms with Gasteiger partial charge >= 0.3 is 5.91 Å². The third kappa shape index (κ3) is 3.48. The average Bonchev–Trinajstić information content (AvgIpc) is 2.83. The van der Waals surface area contributed by atoms with Crippen molar-refractivity contribution in [3.8, 4) is 0 Å². The zero-order chi connectivity index (χ0) is 13.7. The van der Waals surface area contributed by atoms with Crippen LogP contribution < -0.4 is 9.99 Å². The van der Waals surface area contributed by atoms with Crippen LogP contribution in [0.4, 0.5) is 0 Å². The maximum atomic E-state index is 11.7. The molecule has 0 saturated carbocycles. The first-order valence-electron chi connectivity index (χ1n) is 5.92. The highest BCUT2D eigenvalue weighted by Crippen LogP contribution is 1.97. The molecule has 2 heterocycles. The smallest absolute Gasteiger partial charge is 0.267 e. The standard InChI is InChI=1S/C13H15N5O/c1-11(12-6-7-14-17(12)2)15-16-13(19)10-18-8-4-3-5-9-18/h3-9H,10H2,1-2H3/p+1. The van der Waals surface area contributed by atoms with Gasteiger partial charge in [0.2, 0.25) is 6.54 Å². The highest BCUT2D eigenvalue weighted by molar-refractivity contribution is 5.97. The topological polar surface area (TPSA) is 63.2 Å². The van der Waals surface area contributed by atoms with E-state index >= 15 is 0 Å². The first-order chi connectivity index (χ1) is 9.16. The molecular formula is C13H16N5O+. The minimum absolute atomic E-state index is 0.169. The summed E-state index contributed by atoms with van der Waals surface area (Å²) in [5.41, 5.74) is 4.12. The second-order valence-corrected chi connectivity index (χ2v) is 4.12. The lowest BCUT2D eigenvalue weighted by Gasteiger charge is -2.01. The molecule has 0 aliphatic rings. The van der Waals surface area contributed by atoms with Crippen LogP contribution in [0, 0.1) is 0 Å². The molecule has 0 fully saturated rings. The molecule has 0 spiro atoms. The fourth-order valence-corrected chi connectivity index (χ4v) is 1.67. The Morgan fingerprint density at radius 3 is 2.79 bits per heavy atom. The Morgan fingerprint density at radius 2 is 2.16 bits per heavy atom. The van der Waals surface area contributed by atoms with Crippen LogP contribution in [0.5, 0.6) is 0 Å². The summed E-state index contributed by atoms with van der Waals surface area (Å²) in [5.74, 6) is -0.169. The van der Waals surface area contributed by atoms with E-state index in [1.807, 2.05) is 50.6 Å². The highest BCUT2D eigenvalue weighted by Gasteiger charge is 2.08. The van der Waals surface area contributed by atoms with Crippen LogP contribution in [0.2, 0.25) is 0 Å². The number of pyridine rings is 1. The maximum Gasteiger partial charge on any atom is 0.305 e. The SMILES string of the molecule is C/C(=N/NC(=O)C[n+]1ccccc1)c1ccnn1C. The quantitative estimate of drug-likeness (QED) is 0.485. The van der Waals surface area contributed by atoms with Crippen LogP contribution in [0.15, 0.2) is 48.0 Å². The first kappa shape index (κ1) is 12.9. The number of hydrazone groups is 1. The van der Waals surface area contributed by atoms with Gasteiger partial charge in [-0.15, -0.1) is 0 Å². The normalized spacial score (nSPS) is 11.4. The summed E-state index contributed by atoms with van der Waals surface area (Å²) in [4.78, 5) is 11.7. The van der Waals surface area contributed by atoms with Crippen LogP contribution in [-0.2, 0) is 18.4 Å². The van der Waals surface area contributed by atoms with Crippen molar-refractivity contribution in [2.45, 2.75) is 13.5 Å². The van der Waals surface area contributed by atoms with Gasteiger partial charge in [-0.2, -0.15) is 14.8 Å². The van der Waals surface area contributed by atoms with E-state index in [9.17, 15) is 4.79 Å². The number of aromatic nitrogens is 3. The fraction of sp³-hybridized carbons (Fsp3) is 0.231. The summed E-state index contributed by atoms with van der Waals surface area (Å²) in [6.07, 6.45) is 5.35. The van der Waals surface area contributed by atoms with Crippen molar-refractivity contribution in [1.29, 1.82) is 0 Å². The van der Waals surface area contributed by atoms with Crippen molar-refractivity contribution in [3.63, 3.8) is 0 Å². The van der Waals surface area contributed by atoms with E-state index in [-0.39, 0.29) is 12.5 Å². The summed E-state index contributed by atoms with van der Waals surface area (Å²) in [6.45, 7) is 2.07. The van der Waals surface area contributed by atoms with Crippen molar-refractivity contribution < 1.29 is 9.36 Å². The third-order valence-electron chi connectivity index (χ3n) is 2.64. The Hall–Kier alpha value is -2.50. The number of nitrogens with one attached hydrogen (secondary N) is 1. The summed E-state index contributed by atoms with van der Waals surface area (Å²) in [5, 5.41) is 8.12. The van der Waals surface area contributed by atoms with Gasteiger partial charge < -0.3 is 0 Å². The van der Waals surface area contributed by atoms with Crippen molar-refractivity contribution >= 4 is 11.6 Å². The van der Waals surface area contributed by atoms with E-state index in [2.05, 4.69) is 15.6 Å². The fourth-order valence-electron chi connectivity index (χ4n) is 1.67. The Labute approximate surface area is 111 Å². The van der Waals surface area contributed by atoms with Crippen molar-refractivity contribution in [2.75, 3.05) is 0 Å². The largest absolute Gasteiger partial charge is 0.305 e. The van der Waals surface area contributed by atoms with Crippen LogP contribution in [-0.4, -0.2) is 21.4 Å². The summed E-state index contributed by atoms with van der Waals surface area (Å²) >= 11 is 0. The van der Waals surface area contributed by atoms with E-state index in [1.165, 1.54) is 0 Å². The summed E-state index contributed by atoms with van der Waals surface area (Å²) in [7, 11) is 1.83. The molecular weight excluding hydrogens is 242 g/mol. The highest BCUT2D eigenvalue weighted by atomic mass is 16.2. The molecule has 6 nitrogen and oxygen atoms in total. The number of hydrogen-bond donors (Lipinski definition) is 1. The average molecular weight is 258 g/mol. The molecule has 2 rings (SSSR count). The van der Waals surface area contributed by atoms with Gasteiger partial charge in [-0.3, -0.25) is 9.48 Å². The van der Waals surface area contributed by atoms with Crippen molar-refractivity contribution in [2.24, 2.45) is 12.1 Å². The lowest BCUT2D eigenvalue weighted by Crippen LogP contribution is -2.41. The molecule has 0 atom stereocenters. The van der Waals surface area contributed by atoms with Gasteiger partial charge in [-0.05, 0) is 13.0 Å². The van der Waals surface area contributed by atoms with Crippen LogP contribution in [0.3, 0.4) is 0 Å². The molecule has 0 unspecified atom stereocenters. The minimum Gasteiger partial charge on any atom is -0.267 e. The predicted molar refractivity (Wildman–Crippen MR) is 70.2 cm³/mol. The lowest BCUT2D eigenvalue weighted by atomic mass is 10.3. The molecule has 98 valence electrons. The molecule has 6 heteroatoms. The third-order valence-corrected chi connectivity index (χ3v) is 2.64. The zero-order valence-corrected chi connectivity index (χ0v) is 10.9. The molecule has 0 aliphatic carbocycles. The van der Waals surface area contributed by atoms with E-state index in [1.54, 1.807) is 15.4 Å². The molecule has 0 bridgehead atoms. The zero-order valence-electron chi connectivity index (χ0n) is 10.9. The first-order valence-corrected chi connectivity index (χ1v) is 5.92. The van der Waals surface area contributed by atoms with E-state index in [0.29, 0.717) is 5.71 Å². The van der Waals surface area contributed by atoms with E-state index in [0.717, 1.165) is 5.69 Å². The van der Waals surface area contributed by atoms with Gasteiger partial charge in [0.25, 0.3) is 0 Å². The van der Waals surface area contributed by atoms with Gasteiger partial charge in [0, 0.05) is 25.4 Å². The number of hydrogen-bond acceptors (Lipinski definition) is 3. The molecule has 0 aliphatic heterocycles. The molecule has 19 heavy (non-hydrogen) atoms. The van der Waals surface area contributed by atoms with Gasteiger partial charge in [0.1, 0.15) is 0 Å². The van der Waals surface area contributed by atoms with Crippen molar-refractivity contribution in [3.05, 3.63) is 48.5 Å². The second-order valence-electron chi connectivity index (χ2n) is 4.12. The monoisotopic (exact) mass is 258 g/mol. The number of carbonyl (C=O) groups excluding carboxylic acids is 1. The second kappa shape index (κ2) is 5.90. The number of carbonyl (C=O) groups is 1. The van der Waals surface area contributed by atoms with E-state index < -0.39 is 0 Å². The molecule has 0 saturated heterocycles. The Balaban J connectivity index is 1.95. The molecule has 1 amide bonds. The number of aryl methyl sites for hydroxylation is 1. The Morgan fingerprint density at radius 1 is 1.42 bits per heavy atom. The van der Waals surface area contributed by atoms with E-state index in [4.69, 9.17) is 0 Å². The van der Waals surface area contributed by atoms with Crippen molar-refractivity contribution in [1.82, 2.24) is 15.2 Å².